The lowest BCUT2D eigenvalue weighted by Gasteiger charge is -2.45. The van der Waals surface area contributed by atoms with Gasteiger partial charge < -0.3 is 34.0 Å². The lowest BCUT2D eigenvalue weighted by atomic mass is 9.87. The van der Waals surface area contributed by atoms with Crippen molar-refractivity contribution in [1.82, 2.24) is 24.6 Å². The Balaban J connectivity index is 2.14. The van der Waals surface area contributed by atoms with E-state index in [9.17, 15) is 46.7 Å². The first-order chi connectivity index (χ1) is 33.2. The van der Waals surface area contributed by atoms with Crippen LogP contribution in [0.3, 0.4) is 0 Å². The molecule has 1 aliphatic carbocycles. The number of pyridine rings is 1. The second-order valence-electron chi connectivity index (χ2n) is 23.6. The summed E-state index contributed by atoms with van der Waals surface area (Å²) in [6, 6.07) is 3.22. The van der Waals surface area contributed by atoms with Gasteiger partial charge in [0.15, 0.2) is 0 Å². The van der Waals surface area contributed by atoms with E-state index in [1.165, 1.54) is 12.1 Å². The number of ether oxygens (including phenoxy) is 5. The Labute approximate surface area is 428 Å². The van der Waals surface area contributed by atoms with E-state index >= 15 is 0 Å². The van der Waals surface area contributed by atoms with Gasteiger partial charge in [0.1, 0.15) is 28.0 Å². The number of halogens is 3. The molecule has 412 valence electrons. The number of aromatic amines is 1. The molecule has 0 saturated heterocycles. The van der Waals surface area contributed by atoms with Gasteiger partial charge in [0, 0.05) is 55.4 Å². The minimum atomic E-state index is -4.82. The molecule has 18 nitrogen and oxygen atoms in total. The zero-order valence-corrected chi connectivity index (χ0v) is 45.7. The highest BCUT2D eigenvalue weighted by Gasteiger charge is 2.38. The number of esters is 5. The van der Waals surface area contributed by atoms with Crippen LogP contribution in [0.15, 0.2) is 29.1 Å². The minimum Gasteiger partial charge on any atom is -0.459 e. The van der Waals surface area contributed by atoms with Crippen LogP contribution in [-0.4, -0.2) is 166 Å². The molecule has 73 heavy (non-hydrogen) atoms. The molecule has 1 aromatic carbocycles. The molecule has 1 aromatic heterocycles. The number of hydrogen-bond donors (Lipinski definition) is 2. The summed E-state index contributed by atoms with van der Waals surface area (Å²) in [7, 11) is 0. The van der Waals surface area contributed by atoms with Crippen LogP contribution in [0, 0.1) is 0 Å². The number of carbonyl (C=O) groups excluding carboxylic acids is 6. The summed E-state index contributed by atoms with van der Waals surface area (Å²) in [5, 5.41) is 2.50. The number of hydrogen-bond acceptors (Lipinski definition) is 16. The molecule has 2 aromatic rings. The Kier molecular flexibility index (Phi) is 21.6. The lowest BCUT2D eigenvalue weighted by molar-refractivity contribution is -0.162. The molecule has 1 saturated carbocycles. The predicted octanol–water partition coefficient (Wildman–Crippen LogP) is 6.71. The van der Waals surface area contributed by atoms with Crippen molar-refractivity contribution in [2.24, 2.45) is 0 Å². The van der Waals surface area contributed by atoms with Crippen LogP contribution in [-0.2, 0) is 58.6 Å². The first kappa shape index (κ1) is 62.2. The van der Waals surface area contributed by atoms with Crippen molar-refractivity contribution in [1.29, 1.82) is 0 Å². The van der Waals surface area contributed by atoms with Crippen molar-refractivity contribution in [2.45, 2.75) is 176 Å². The van der Waals surface area contributed by atoms with E-state index in [1.807, 2.05) is 9.80 Å². The highest BCUT2D eigenvalue weighted by molar-refractivity contribution is 5.95. The van der Waals surface area contributed by atoms with Crippen LogP contribution < -0.4 is 10.9 Å². The number of amides is 1. The molecule has 1 fully saturated rings. The SMILES string of the molecule is CC(C)(C)OC(=O)CN(CCN(CC(=O)Nc1ccc2c(C(F)(F)F)cc(=O)[nH]c2c1)[C@H]1CCCC[C@@H]1N(CCN(CC(=O)OC(C)(C)C)CC(=O)OC(C)(C)C)CC(=O)OC(C)(C)C)CC(=O)OC(C)(C)C. The van der Waals surface area contributed by atoms with E-state index in [0.717, 1.165) is 12.5 Å². The number of fused-ring (bicyclic) bond motifs is 1. The summed E-state index contributed by atoms with van der Waals surface area (Å²) < 4.78 is 70.1. The second-order valence-corrected chi connectivity index (χ2v) is 23.6. The zero-order chi connectivity index (χ0) is 55.5. The molecule has 0 radical (unpaired) electrons. The molecule has 0 spiro atoms. The normalized spacial score (nSPS) is 16.2. The van der Waals surface area contributed by atoms with Crippen molar-refractivity contribution in [3.63, 3.8) is 0 Å². The number of alkyl halides is 3. The number of anilines is 1. The van der Waals surface area contributed by atoms with Crippen molar-refractivity contribution < 1.29 is 65.6 Å². The van der Waals surface area contributed by atoms with Gasteiger partial charge in [-0.15, -0.1) is 0 Å². The molecule has 1 heterocycles. The maximum absolute atomic E-state index is 14.3. The van der Waals surface area contributed by atoms with Gasteiger partial charge in [-0.25, -0.2) is 0 Å². The van der Waals surface area contributed by atoms with Gasteiger partial charge in [-0.05, 0) is 129 Å². The number of rotatable bonds is 21. The molecule has 21 heteroatoms. The Morgan fingerprint density at radius 2 is 0.890 bits per heavy atom. The summed E-state index contributed by atoms with van der Waals surface area (Å²) in [6.07, 6.45) is -2.34. The summed E-state index contributed by atoms with van der Waals surface area (Å²) in [5.74, 6) is -3.50. The van der Waals surface area contributed by atoms with E-state index in [1.54, 1.807) is 114 Å². The summed E-state index contributed by atoms with van der Waals surface area (Å²) in [6.45, 7) is 24.5. The lowest BCUT2D eigenvalue weighted by Crippen LogP contribution is -2.58. The number of benzene rings is 1. The van der Waals surface area contributed by atoms with Crippen molar-refractivity contribution in [3.05, 3.63) is 40.2 Å². The van der Waals surface area contributed by atoms with Gasteiger partial charge in [-0.1, -0.05) is 18.9 Å². The molecule has 2 N–H and O–H groups in total. The number of H-pyrrole nitrogens is 1. The molecule has 2 atom stereocenters. The second kappa shape index (κ2) is 25.4. The van der Waals surface area contributed by atoms with E-state index in [0.29, 0.717) is 25.3 Å². The summed E-state index contributed by atoms with van der Waals surface area (Å²) >= 11 is 0. The molecular weight excluding hydrogens is 958 g/mol. The average molecular weight is 1040 g/mol. The quantitative estimate of drug-likeness (QED) is 0.0984. The van der Waals surface area contributed by atoms with E-state index < -0.39 is 93.1 Å². The first-order valence-electron chi connectivity index (χ1n) is 24.8. The smallest absolute Gasteiger partial charge is 0.417 e. The third kappa shape index (κ3) is 24.2. The molecule has 0 unspecified atom stereocenters. The molecule has 0 aliphatic heterocycles. The topological polar surface area (TPSA) is 206 Å². The number of nitrogens with zero attached hydrogens (tertiary/aromatic N) is 4. The highest BCUT2D eigenvalue weighted by Crippen LogP contribution is 2.34. The number of nitrogens with one attached hydrogen (secondary N) is 2. The van der Waals surface area contributed by atoms with E-state index in [-0.39, 0.29) is 82.0 Å². The zero-order valence-electron chi connectivity index (χ0n) is 45.7. The predicted molar refractivity (Wildman–Crippen MR) is 269 cm³/mol. The van der Waals surface area contributed by atoms with E-state index in [2.05, 4.69) is 10.3 Å². The standard InChI is InChI=1S/C52H81F3N6O12/c1-47(2,3)69-42(64)29-58(30-43(65)70-48(4,5)6)22-24-60(28-41(63)56-34-20-21-35-36(52(53,54)55)27-40(62)57-37(35)26-34)38-18-16-17-19-39(38)61(33-46(68)73-51(13,14)15)25-23-59(31-44(66)71-49(7,8)9)32-45(67)72-50(10,11)12/h20-21,26-27,38-39H,16-19,22-25,28-33H2,1-15H3,(H,56,63)(H,57,62)/t38-,39-/m0/s1. The summed E-state index contributed by atoms with van der Waals surface area (Å²) in [5.41, 5.74) is -6.32. The van der Waals surface area contributed by atoms with Crippen LogP contribution in [0.2, 0.25) is 0 Å². The molecule has 1 amide bonds. The molecule has 1 aliphatic rings. The third-order valence-electron chi connectivity index (χ3n) is 10.7. The van der Waals surface area contributed by atoms with Crippen LogP contribution >= 0.6 is 0 Å². The first-order valence-corrected chi connectivity index (χ1v) is 24.8. The fraction of sp³-hybridized carbons (Fsp3) is 0.712. The Morgan fingerprint density at radius 3 is 1.25 bits per heavy atom. The Hall–Kier alpha value is -5.12. The fourth-order valence-corrected chi connectivity index (χ4v) is 8.36. The van der Waals surface area contributed by atoms with Crippen LogP contribution in [0.5, 0.6) is 0 Å². The molecule has 3 rings (SSSR count). The molecular formula is C52H81F3N6O12. The van der Waals surface area contributed by atoms with Crippen molar-refractivity contribution in [3.8, 4) is 0 Å². The highest BCUT2D eigenvalue weighted by atomic mass is 19.4. The Bertz CT molecular complexity index is 2230. The van der Waals surface area contributed by atoms with Gasteiger partial charge in [-0.3, -0.25) is 53.2 Å². The van der Waals surface area contributed by atoms with Gasteiger partial charge in [0.25, 0.3) is 0 Å². The summed E-state index contributed by atoms with van der Waals surface area (Å²) in [4.78, 5) is 103. The maximum atomic E-state index is 14.3. The van der Waals surface area contributed by atoms with Gasteiger partial charge in [0.2, 0.25) is 11.5 Å². The van der Waals surface area contributed by atoms with Gasteiger partial charge in [-0.2, -0.15) is 13.2 Å². The molecule has 0 bridgehead atoms. The van der Waals surface area contributed by atoms with E-state index in [4.69, 9.17) is 23.7 Å². The fourth-order valence-electron chi connectivity index (χ4n) is 8.36. The monoisotopic (exact) mass is 1040 g/mol. The number of carbonyl (C=O) groups is 6. The van der Waals surface area contributed by atoms with Gasteiger partial charge >= 0.3 is 36.0 Å². The van der Waals surface area contributed by atoms with Crippen LogP contribution in [0.4, 0.5) is 18.9 Å². The van der Waals surface area contributed by atoms with Crippen LogP contribution in [0.25, 0.3) is 10.9 Å². The van der Waals surface area contributed by atoms with Gasteiger partial charge in [0.05, 0.1) is 50.3 Å². The minimum absolute atomic E-state index is 0.0397. The van der Waals surface area contributed by atoms with Crippen molar-refractivity contribution in [2.75, 3.05) is 70.8 Å². The number of aromatic nitrogens is 1. The van der Waals surface area contributed by atoms with Crippen molar-refractivity contribution >= 4 is 52.3 Å². The average Bonchev–Trinajstić information content (AvgIpc) is 3.16. The Morgan fingerprint density at radius 1 is 0.534 bits per heavy atom. The largest absolute Gasteiger partial charge is 0.459 e. The third-order valence-corrected chi connectivity index (χ3v) is 10.7. The maximum Gasteiger partial charge on any atom is 0.417 e. The van der Waals surface area contributed by atoms with Crippen LogP contribution in [0.1, 0.15) is 135 Å².